The van der Waals surface area contributed by atoms with E-state index in [9.17, 15) is 24.9 Å². The van der Waals surface area contributed by atoms with Crippen LogP contribution in [0, 0.1) is 50.7 Å². The van der Waals surface area contributed by atoms with Gasteiger partial charge in [0.05, 0.1) is 29.1 Å². The molecule has 5 N–H and O–H groups in total. The molecule has 0 saturated heterocycles. The van der Waals surface area contributed by atoms with E-state index in [2.05, 4.69) is 162 Å². The van der Waals surface area contributed by atoms with E-state index in [1.165, 1.54) is 39.5 Å². The maximum Gasteiger partial charge on any atom is 0.226 e. The Labute approximate surface area is 464 Å². The first-order chi connectivity index (χ1) is 35.5. The lowest BCUT2D eigenvalue weighted by molar-refractivity contribution is -0.401. The zero-order valence-corrected chi connectivity index (χ0v) is 49.4. The number of rotatable bonds is 17. The number of aliphatic hydroxyl groups excluding tert-OH is 2. The maximum absolute atomic E-state index is 14.7. The summed E-state index contributed by atoms with van der Waals surface area (Å²) in [5, 5.41) is 41.4. The zero-order chi connectivity index (χ0) is 54.0. The molecule has 4 saturated carbocycles. The molecule has 2 aliphatic heterocycles. The Hall–Kier alpha value is -3.76. The van der Waals surface area contributed by atoms with E-state index in [1.807, 2.05) is 6.92 Å². The number of halogens is 1. The molecule has 0 unspecified atom stereocenters. The third-order valence-electron chi connectivity index (χ3n) is 22.8. The van der Waals surface area contributed by atoms with Crippen molar-refractivity contribution in [3.05, 3.63) is 95.2 Å². The van der Waals surface area contributed by atoms with E-state index >= 15 is 0 Å². The number of allylic oxidation sites excluding steroid dienone is 6. The summed E-state index contributed by atoms with van der Waals surface area (Å²) in [5.74, 6) is 1.65. The molecule has 2 amide bonds. The van der Waals surface area contributed by atoms with Gasteiger partial charge in [0.15, 0.2) is 5.71 Å². The first-order valence-electron chi connectivity index (χ1n) is 29.7. The van der Waals surface area contributed by atoms with Crippen LogP contribution in [0.15, 0.2) is 84.1 Å². The Morgan fingerprint density at radius 1 is 0.776 bits per heavy atom. The number of amides is 2. The normalized spacial score (nSPS) is 36.3. The Morgan fingerprint density at radius 3 is 2.16 bits per heavy atom. The van der Waals surface area contributed by atoms with Crippen molar-refractivity contribution >= 4 is 28.9 Å². The number of carbonyl (C=O) groups excluding carboxylic acids is 2. The lowest BCUT2D eigenvalue weighted by atomic mass is 9.32. The molecule has 5 aliphatic carbocycles. The summed E-state index contributed by atoms with van der Waals surface area (Å²) in [6, 6.07) is 17.5. The molecule has 76 heavy (non-hydrogen) atoms. The van der Waals surface area contributed by atoms with Crippen LogP contribution in [0.2, 0.25) is 0 Å². The van der Waals surface area contributed by atoms with Gasteiger partial charge in [0.25, 0.3) is 0 Å². The summed E-state index contributed by atoms with van der Waals surface area (Å²) in [6.07, 6.45) is 23.3. The number of unbranched alkanes of at least 4 members (excludes halogenated alkanes) is 5. The number of nitrogens with zero attached hydrogens (tertiary/aromatic N) is 2. The lowest BCUT2D eigenvalue weighted by Crippen LogP contribution is -3.00. The van der Waals surface area contributed by atoms with Gasteiger partial charge in [-0.2, -0.15) is 4.58 Å². The highest BCUT2D eigenvalue weighted by Crippen LogP contribution is 2.76. The minimum Gasteiger partial charge on any atom is -1.00 e. The molecule has 2 aromatic rings. The Balaban J connectivity index is 0.00000765. The van der Waals surface area contributed by atoms with E-state index in [4.69, 9.17) is 0 Å². The molecule has 11 atom stereocenters. The second-order valence-electron chi connectivity index (χ2n) is 27.4. The maximum atomic E-state index is 14.7. The van der Waals surface area contributed by atoms with Gasteiger partial charge in [-0.05, 0) is 150 Å². The van der Waals surface area contributed by atoms with Crippen LogP contribution in [-0.2, 0) is 20.4 Å². The highest BCUT2D eigenvalue weighted by Gasteiger charge is 2.74. The quantitative estimate of drug-likeness (QED) is 0.0612. The van der Waals surface area contributed by atoms with Crippen molar-refractivity contribution in [2.45, 2.75) is 201 Å². The molecule has 0 spiro atoms. The van der Waals surface area contributed by atoms with Gasteiger partial charge in [0, 0.05) is 71.4 Å². The number of aliphatic hydroxyl groups is 3. The summed E-state index contributed by atoms with van der Waals surface area (Å²) < 4.78 is 2.33. The average Bonchev–Trinajstić information content (AvgIpc) is 3.77. The summed E-state index contributed by atoms with van der Waals surface area (Å²) >= 11 is 0. The fraction of sp³-hybridized carbons (Fsp3) is 0.682. The van der Waals surface area contributed by atoms with Crippen molar-refractivity contribution in [2.75, 3.05) is 38.2 Å². The molecule has 9 rings (SSSR count). The third kappa shape index (κ3) is 9.30. The molecule has 10 heteroatoms. The van der Waals surface area contributed by atoms with Crippen LogP contribution in [0.25, 0.3) is 0 Å². The first kappa shape index (κ1) is 58.4. The van der Waals surface area contributed by atoms with Crippen LogP contribution in [-0.4, -0.2) is 82.4 Å². The van der Waals surface area contributed by atoms with Crippen LogP contribution in [0.5, 0.6) is 0 Å². The number of fused-ring (bicyclic) bond motifs is 9. The molecule has 2 heterocycles. The minimum absolute atomic E-state index is 0. The smallest absolute Gasteiger partial charge is 0.226 e. The van der Waals surface area contributed by atoms with Gasteiger partial charge in [-0.25, -0.2) is 0 Å². The Morgan fingerprint density at radius 2 is 1.45 bits per heavy atom. The van der Waals surface area contributed by atoms with E-state index in [0.29, 0.717) is 50.6 Å². The van der Waals surface area contributed by atoms with Crippen LogP contribution < -0.4 is 27.9 Å². The summed E-state index contributed by atoms with van der Waals surface area (Å²) in [6.45, 7) is 25.4. The SMILES string of the molecule is C[C@H]1[C@H](C)CC[C@]2(C(=O)NCCCCCCNC(=O)CCCCCN3/C(=C/C=C/C4=[N+](C)c5ccccc5C4(C)C)C(C)(C)c4ccccc43)CC[C@]3(C)C(=CC[C@@H]4[C@@]5(C)C[C@@H](O)C[C@@](C)(CO)[C@]5(O)CC[C@]43C)[C@H]12.[Cl-]. The molecule has 0 radical (unpaired) electrons. The predicted molar refractivity (Wildman–Crippen MR) is 305 cm³/mol. The second-order valence-corrected chi connectivity index (χ2v) is 27.4. The van der Waals surface area contributed by atoms with E-state index in [0.717, 1.165) is 90.0 Å². The standard InChI is InChI=1S/C66H96N4O5.ClH/c1-45-33-34-65(37-35-62(8)50(57(65)46(45)2)31-32-53-63(62,9)36-38-66(75)61(7,44-71)42-47(72)43-64(53,66)10)58(74)68-40-21-13-12-20-39-67-56(73)30-15-14-22-41-70-52-27-19-17-25-49(52)60(5,6)55(70)29-23-28-54-59(3,4)48-24-16-18-26-51(48)69(54)11;/h16-19,23-29,31,45-47,53,57,71-72,75H,12-15,20-22,30,32-44H2,1-11H3,(H-,67,68,73,74);1H/t45-,46+,47+,53+,57+,61+,62-,63-,64-,65+,66-;/m1./s1. The van der Waals surface area contributed by atoms with Crippen molar-refractivity contribution in [1.29, 1.82) is 0 Å². The summed E-state index contributed by atoms with van der Waals surface area (Å²) in [5.41, 5.74) is 6.22. The Bertz CT molecular complexity index is 2620. The molecule has 9 nitrogen and oxygen atoms in total. The van der Waals surface area contributed by atoms with Crippen molar-refractivity contribution in [1.82, 2.24) is 10.6 Å². The topological polar surface area (TPSA) is 125 Å². The van der Waals surface area contributed by atoms with Gasteiger partial charge in [0.1, 0.15) is 7.05 Å². The van der Waals surface area contributed by atoms with Crippen molar-refractivity contribution in [2.24, 2.45) is 50.7 Å². The van der Waals surface area contributed by atoms with Crippen molar-refractivity contribution in [3.8, 4) is 0 Å². The van der Waals surface area contributed by atoms with Crippen LogP contribution >= 0.6 is 0 Å². The Kier molecular flexibility index (Phi) is 16.7. The molecular weight excluding hydrogens is 964 g/mol. The number of carbonyl (C=O) groups is 2. The van der Waals surface area contributed by atoms with Gasteiger partial charge >= 0.3 is 0 Å². The molecule has 418 valence electrons. The fourth-order valence-corrected chi connectivity index (χ4v) is 17.9. The van der Waals surface area contributed by atoms with Crippen molar-refractivity contribution < 1.29 is 41.9 Å². The van der Waals surface area contributed by atoms with Gasteiger partial charge in [-0.3, -0.25) is 9.59 Å². The van der Waals surface area contributed by atoms with Crippen LogP contribution in [0.4, 0.5) is 11.4 Å². The van der Waals surface area contributed by atoms with Crippen LogP contribution in [0.1, 0.15) is 190 Å². The predicted octanol–water partition coefficient (Wildman–Crippen LogP) is 9.39. The number of hydrogen-bond donors (Lipinski definition) is 5. The molecule has 2 aromatic carbocycles. The lowest BCUT2D eigenvalue weighted by Gasteiger charge is -2.73. The first-order valence-corrected chi connectivity index (χ1v) is 29.7. The zero-order valence-electron chi connectivity index (χ0n) is 48.6. The molecule has 0 bridgehead atoms. The molecular formula is C66H97ClN4O5. The van der Waals surface area contributed by atoms with Gasteiger partial charge in [-0.15, -0.1) is 0 Å². The number of hydrogen-bond acceptors (Lipinski definition) is 6. The summed E-state index contributed by atoms with van der Waals surface area (Å²) in [7, 11) is 2.17. The molecule has 7 aliphatic rings. The summed E-state index contributed by atoms with van der Waals surface area (Å²) in [4.78, 5) is 30.2. The number of para-hydroxylation sites is 2. The monoisotopic (exact) mass is 1060 g/mol. The largest absolute Gasteiger partial charge is 1.00 e. The van der Waals surface area contributed by atoms with Crippen LogP contribution in [0.3, 0.4) is 0 Å². The fourth-order valence-electron chi connectivity index (χ4n) is 17.9. The molecule has 4 fully saturated rings. The molecule has 0 aromatic heterocycles. The van der Waals surface area contributed by atoms with Crippen molar-refractivity contribution in [3.63, 3.8) is 0 Å². The number of anilines is 1. The van der Waals surface area contributed by atoms with Gasteiger partial charge < -0.3 is 43.3 Å². The van der Waals surface area contributed by atoms with E-state index in [1.54, 1.807) is 0 Å². The highest BCUT2D eigenvalue weighted by atomic mass is 35.5. The average molecular weight is 1060 g/mol. The third-order valence-corrected chi connectivity index (χ3v) is 22.8. The number of nitrogens with one attached hydrogen (secondary N) is 2. The van der Waals surface area contributed by atoms with E-state index in [-0.39, 0.29) is 64.3 Å². The second kappa shape index (κ2) is 21.7. The minimum atomic E-state index is -1.05. The highest BCUT2D eigenvalue weighted by molar-refractivity contribution is 6.03. The van der Waals surface area contributed by atoms with Gasteiger partial charge in [0.2, 0.25) is 17.5 Å². The number of benzene rings is 2. The van der Waals surface area contributed by atoms with E-state index < -0.39 is 27.9 Å². The van der Waals surface area contributed by atoms with Gasteiger partial charge in [-0.1, -0.05) is 129 Å².